The van der Waals surface area contributed by atoms with Gasteiger partial charge in [0.15, 0.2) is 0 Å². The zero-order chi connectivity index (χ0) is 21.1. The lowest BCUT2D eigenvalue weighted by atomic mass is 9.90. The van der Waals surface area contributed by atoms with Gasteiger partial charge in [0.2, 0.25) is 11.9 Å². The summed E-state index contributed by atoms with van der Waals surface area (Å²) in [6.07, 6.45) is 7.30. The maximum absolute atomic E-state index is 12.8. The molecule has 7 nitrogen and oxygen atoms in total. The number of amides is 1. The second kappa shape index (κ2) is 8.83. The van der Waals surface area contributed by atoms with Crippen LogP contribution < -0.4 is 4.90 Å². The zero-order valence-electron chi connectivity index (χ0n) is 17.2. The number of hydrogen-bond donors (Lipinski definition) is 0. The monoisotopic (exact) mass is 424 g/mol. The number of piperidine rings is 1. The molecule has 0 saturated carbocycles. The van der Waals surface area contributed by atoms with Crippen molar-refractivity contribution in [1.82, 2.24) is 24.6 Å². The molecule has 1 aliphatic rings. The molecule has 2 aromatic heterocycles. The maximum atomic E-state index is 12.8. The van der Waals surface area contributed by atoms with Crippen molar-refractivity contribution in [3.05, 3.63) is 59.6 Å². The summed E-state index contributed by atoms with van der Waals surface area (Å²) in [5.41, 5.74) is 3.00. The van der Waals surface area contributed by atoms with E-state index in [0.717, 1.165) is 36.2 Å². The van der Waals surface area contributed by atoms with Crippen LogP contribution in [-0.4, -0.2) is 57.7 Å². The summed E-state index contributed by atoms with van der Waals surface area (Å²) in [5, 5.41) is 4.85. The van der Waals surface area contributed by atoms with E-state index in [1.165, 1.54) is 0 Å². The first-order valence-corrected chi connectivity index (χ1v) is 10.4. The second-order valence-corrected chi connectivity index (χ2v) is 8.19. The lowest BCUT2D eigenvalue weighted by Crippen LogP contribution is -2.41. The first-order valence-electron chi connectivity index (χ1n) is 10.1. The van der Waals surface area contributed by atoms with Crippen molar-refractivity contribution in [2.45, 2.75) is 25.3 Å². The largest absolute Gasteiger partial charge is 0.347 e. The molecule has 8 heteroatoms. The van der Waals surface area contributed by atoms with E-state index in [0.29, 0.717) is 17.5 Å². The van der Waals surface area contributed by atoms with Crippen molar-refractivity contribution >= 4 is 23.5 Å². The van der Waals surface area contributed by atoms with E-state index in [9.17, 15) is 4.79 Å². The van der Waals surface area contributed by atoms with E-state index < -0.39 is 0 Å². The quantitative estimate of drug-likeness (QED) is 0.627. The summed E-state index contributed by atoms with van der Waals surface area (Å²) >= 11 is 6.08. The molecular formula is C22H25ClN6O. The Morgan fingerprint density at radius 3 is 2.77 bits per heavy atom. The lowest BCUT2D eigenvalue weighted by molar-refractivity contribution is -0.133. The van der Waals surface area contributed by atoms with Gasteiger partial charge in [-0.2, -0.15) is 5.10 Å². The van der Waals surface area contributed by atoms with Crippen LogP contribution in [0.3, 0.4) is 0 Å². The third kappa shape index (κ3) is 4.46. The van der Waals surface area contributed by atoms with E-state index in [1.54, 1.807) is 10.9 Å². The molecule has 0 spiro atoms. The molecule has 1 atom stereocenters. The topological polar surface area (TPSA) is 67.2 Å². The smallest absolute Gasteiger partial charge is 0.244 e. The van der Waals surface area contributed by atoms with E-state index >= 15 is 0 Å². The van der Waals surface area contributed by atoms with Crippen LogP contribution in [0.25, 0.3) is 11.1 Å². The number of benzene rings is 1. The number of nitrogens with zero attached hydrogens (tertiary/aromatic N) is 6. The number of carbonyl (C=O) groups is 1. The molecule has 1 saturated heterocycles. The summed E-state index contributed by atoms with van der Waals surface area (Å²) in [5.74, 6) is 0.897. The van der Waals surface area contributed by atoms with E-state index in [2.05, 4.69) is 10.1 Å². The number of anilines is 1. The fourth-order valence-corrected chi connectivity index (χ4v) is 3.95. The summed E-state index contributed by atoms with van der Waals surface area (Å²) in [6.45, 7) is 1.67. The molecule has 1 unspecified atom stereocenters. The standard InChI is InChI=1S/C22H25ClN6O/c1-27(2)22-24-13-19(16-6-8-18(23)9-7-16)21(26-22)17-5-3-11-28(14-17)20(30)15-29-12-4-10-25-29/h4,6-10,12-13,17H,3,5,11,14-15H2,1-2H3. The van der Waals surface area contributed by atoms with E-state index in [-0.39, 0.29) is 18.4 Å². The highest BCUT2D eigenvalue weighted by atomic mass is 35.5. The summed E-state index contributed by atoms with van der Waals surface area (Å²) in [4.78, 5) is 26.1. The van der Waals surface area contributed by atoms with Gasteiger partial charge in [-0.25, -0.2) is 9.97 Å². The van der Waals surface area contributed by atoms with Crippen molar-refractivity contribution in [2.24, 2.45) is 0 Å². The Labute approximate surface area is 181 Å². The van der Waals surface area contributed by atoms with Crippen LogP contribution in [0, 0.1) is 0 Å². The Morgan fingerprint density at radius 1 is 1.27 bits per heavy atom. The van der Waals surface area contributed by atoms with Gasteiger partial charge in [-0.05, 0) is 36.6 Å². The van der Waals surface area contributed by atoms with Crippen molar-refractivity contribution in [2.75, 3.05) is 32.1 Å². The Morgan fingerprint density at radius 2 is 2.07 bits per heavy atom. The van der Waals surface area contributed by atoms with Crippen molar-refractivity contribution < 1.29 is 4.79 Å². The van der Waals surface area contributed by atoms with Gasteiger partial charge in [-0.15, -0.1) is 0 Å². The number of aromatic nitrogens is 4. The predicted molar refractivity (Wildman–Crippen MR) is 118 cm³/mol. The average Bonchev–Trinajstić information content (AvgIpc) is 3.27. The predicted octanol–water partition coefficient (Wildman–Crippen LogP) is 3.47. The van der Waals surface area contributed by atoms with Crippen LogP contribution in [0.1, 0.15) is 24.5 Å². The van der Waals surface area contributed by atoms with Gasteiger partial charge in [0.25, 0.3) is 0 Å². The van der Waals surface area contributed by atoms with Crippen LogP contribution in [0.2, 0.25) is 5.02 Å². The van der Waals surface area contributed by atoms with Gasteiger partial charge in [-0.3, -0.25) is 9.48 Å². The third-order valence-corrected chi connectivity index (χ3v) is 5.63. The molecule has 1 fully saturated rings. The van der Waals surface area contributed by atoms with Crippen molar-refractivity contribution in [3.8, 4) is 11.1 Å². The van der Waals surface area contributed by atoms with E-state index in [4.69, 9.17) is 16.6 Å². The van der Waals surface area contributed by atoms with Crippen LogP contribution in [0.4, 0.5) is 5.95 Å². The molecular weight excluding hydrogens is 400 g/mol. The van der Waals surface area contributed by atoms with Crippen LogP contribution >= 0.6 is 11.6 Å². The van der Waals surface area contributed by atoms with Crippen molar-refractivity contribution in [3.63, 3.8) is 0 Å². The van der Waals surface area contributed by atoms with Gasteiger partial charge < -0.3 is 9.80 Å². The highest BCUT2D eigenvalue weighted by molar-refractivity contribution is 6.30. The van der Waals surface area contributed by atoms with Gasteiger partial charge in [0.05, 0.1) is 5.69 Å². The molecule has 0 N–H and O–H groups in total. The van der Waals surface area contributed by atoms with Crippen LogP contribution in [0.15, 0.2) is 48.9 Å². The molecule has 4 rings (SSSR count). The molecule has 3 aromatic rings. The normalized spacial score (nSPS) is 16.5. The number of halogens is 1. The molecule has 3 heterocycles. The Kier molecular flexibility index (Phi) is 5.99. The van der Waals surface area contributed by atoms with Gasteiger partial charge in [0, 0.05) is 62.3 Å². The number of hydrogen-bond acceptors (Lipinski definition) is 5. The Hall–Kier alpha value is -2.93. The van der Waals surface area contributed by atoms with Gasteiger partial charge in [-0.1, -0.05) is 23.7 Å². The number of rotatable bonds is 5. The van der Waals surface area contributed by atoms with E-state index in [1.807, 2.05) is 66.6 Å². The minimum atomic E-state index is 0.0818. The Bertz CT molecular complexity index is 1000. The highest BCUT2D eigenvalue weighted by Gasteiger charge is 2.28. The molecule has 1 aliphatic heterocycles. The average molecular weight is 425 g/mol. The second-order valence-electron chi connectivity index (χ2n) is 7.75. The molecule has 1 aromatic carbocycles. The fraction of sp³-hybridized carbons (Fsp3) is 0.364. The minimum absolute atomic E-state index is 0.0818. The maximum Gasteiger partial charge on any atom is 0.244 e. The molecule has 156 valence electrons. The third-order valence-electron chi connectivity index (χ3n) is 5.38. The van der Waals surface area contributed by atoms with Gasteiger partial charge >= 0.3 is 0 Å². The summed E-state index contributed by atoms with van der Waals surface area (Å²) < 4.78 is 1.67. The molecule has 0 aliphatic carbocycles. The number of carbonyl (C=O) groups excluding carboxylic acids is 1. The first kappa shape index (κ1) is 20.3. The fourth-order valence-electron chi connectivity index (χ4n) is 3.82. The molecule has 30 heavy (non-hydrogen) atoms. The van der Waals surface area contributed by atoms with Crippen LogP contribution in [0.5, 0.6) is 0 Å². The minimum Gasteiger partial charge on any atom is -0.347 e. The molecule has 1 amide bonds. The molecule has 0 radical (unpaired) electrons. The lowest BCUT2D eigenvalue weighted by Gasteiger charge is -2.33. The number of likely N-dealkylation sites (tertiary alicyclic amines) is 1. The summed E-state index contributed by atoms with van der Waals surface area (Å²) in [7, 11) is 3.86. The van der Waals surface area contributed by atoms with Gasteiger partial charge in [0.1, 0.15) is 6.54 Å². The SMILES string of the molecule is CN(C)c1ncc(-c2ccc(Cl)cc2)c(C2CCCN(C(=O)Cn3cccn3)C2)n1. The van der Waals surface area contributed by atoms with Crippen LogP contribution in [-0.2, 0) is 11.3 Å². The Balaban J connectivity index is 1.63. The first-order chi connectivity index (χ1) is 14.5. The zero-order valence-corrected chi connectivity index (χ0v) is 18.0. The summed E-state index contributed by atoms with van der Waals surface area (Å²) in [6, 6.07) is 9.56. The van der Waals surface area contributed by atoms with Crippen molar-refractivity contribution in [1.29, 1.82) is 0 Å². The highest BCUT2D eigenvalue weighted by Crippen LogP contribution is 2.34. The molecule has 0 bridgehead atoms.